The predicted octanol–water partition coefficient (Wildman–Crippen LogP) is 4.87. The van der Waals surface area contributed by atoms with Gasteiger partial charge in [0.1, 0.15) is 11.3 Å². The highest BCUT2D eigenvalue weighted by molar-refractivity contribution is 7.80. The number of nitrogens with one attached hydrogen (secondary N) is 1. The molecule has 2 aliphatic heterocycles. The Balaban J connectivity index is 1.81. The van der Waals surface area contributed by atoms with E-state index in [0.717, 1.165) is 23.2 Å². The Morgan fingerprint density at radius 1 is 1.15 bits per heavy atom. The maximum absolute atomic E-state index is 13.5. The Morgan fingerprint density at radius 2 is 1.85 bits per heavy atom. The van der Waals surface area contributed by atoms with E-state index >= 15 is 0 Å². The number of methoxy groups -OCH3 is 1. The molecule has 1 fully saturated rings. The van der Waals surface area contributed by atoms with Gasteiger partial charge in [-0.3, -0.25) is 19.8 Å². The van der Waals surface area contributed by atoms with Crippen LogP contribution in [0.3, 0.4) is 0 Å². The van der Waals surface area contributed by atoms with Gasteiger partial charge in [0.15, 0.2) is 5.11 Å². The van der Waals surface area contributed by atoms with Crippen molar-refractivity contribution >= 4 is 46.6 Å². The summed E-state index contributed by atoms with van der Waals surface area (Å²) < 4.78 is 5.69. The van der Waals surface area contributed by atoms with Gasteiger partial charge in [-0.25, -0.2) is 0 Å². The third-order valence-electron chi connectivity index (χ3n) is 6.98. The molecule has 7 heteroatoms. The van der Waals surface area contributed by atoms with Gasteiger partial charge in [-0.15, -0.1) is 0 Å². The second kappa shape index (κ2) is 8.55. The molecule has 2 aromatic rings. The maximum Gasteiger partial charge on any atom is 0.270 e. The van der Waals surface area contributed by atoms with Crippen LogP contribution < -0.4 is 19.9 Å². The van der Waals surface area contributed by atoms with E-state index in [-0.39, 0.29) is 16.2 Å². The molecule has 2 heterocycles. The van der Waals surface area contributed by atoms with E-state index < -0.39 is 11.8 Å². The van der Waals surface area contributed by atoms with Gasteiger partial charge in [0.2, 0.25) is 0 Å². The lowest BCUT2D eigenvalue weighted by molar-refractivity contribution is -0.122. The van der Waals surface area contributed by atoms with E-state index in [1.54, 1.807) is 13.2 Å². The Labute approximate surface area is 206 Å². The first-order chi connectivity index (χ1) is 15.9. The standard InChI is InChI=1S/C27H31N3O3S/c1-15-8-9-21(16(2)10-15)30-25(32)20(24(31)28-26(30)34)12-18-11-19-17(3)14-27(4,5)29(6)22(19)13-23(18)33-7/h8-13,17H,14H2,1-7H3,(H,28,31,34)/b20-12-. The molecule has 1 saturated heterocycles. The normalized spacial score (nSPS) is 21.0. The summed E-state index contributed by atoms with van der Waals surface area (Å²) in [7, 11) is 3.68. The van der Waals surface area contributed by atoms with Crippen LogP contribution >= 0.6 is 12.2 Å². The number of amides is 2. The largest absolute Gasteiger partial charge is 0.496 e. The summed E-state index contributed by atoms with van der Waals surface area (Å²) >= 11 is 5.37. The lowest BCUT2D eigenvalue weighted by atomic mass is 9.79. The minimum atomic E-state index is -0.512. The zero-order valence-corrected chi connectivity index (χ0v) is 21.6. The number of hydrogen-bond acceptors (Lipinski definition) is 5. The molecule has 1 unspecified atom stereocenters. The fraction of sp³-hybridized carbons (Fsp3) is 0.370. The number of carbonyl (C=O) groups excluding carboxylic acids is 2. The van der Waals surface area contributed by atoms with Crippen LogP contribution in [0.1, 0.15) is 55.4 Å². The van der Waals surface area contributed by atoms with Crippen molar-refractivity contribution < 1.29 is 14.3 Å². The molecule has 1 atom stereocenters. The molecule has 6 nitrogen and oxygen atoms in total. The lowest BCUT2D eigenvalue weighted by Crippen LogP contribution is -2.54. The zero-order valence-electron chi connectivity index (χ0n) is 20.8. The number of aryl methyl sites for hydroxylation is 2. The summed E-state index contributed by atoms with van der Waals surface area (Å²) in [6, 6.07) is 9.78. The monoisotopic (exact) mass is 477 g/mol. The van der Waals surface area contributed by atoms with E-state index in [2.05, 4.69) is 38.0 Å². The topological polar surface area (TPSA) is 61.9 Å². The maximum atomic E-state index is 13.5. The summed E-state index contributed by atoms with van der Waals surface area (Å²) in [5, 5.41) is 2.75. The number of anilines is 2. The van der Waals surface area contributed by atoms with Crippen LogP contribution in [0.5, 0.6) is 5.75 Å². The molecule has 34 heavy (non-hydrogen) atoms. The third kappa shape index (κ3) is 3.98. The average Bonchev–Trinajstić information content (AvgIpc) is 2.75. The van der Waals surface area contributed by atoms with Gasteiger partial charge in [0, 0.05) is 29.9 Å². The molecule has 0 saturated carbocycles. The molecule has 1 N–H and O–H groups in total. The summed E-state index contributed by atoms with van der Waals surface area (Å²) in [5.74, 6) is -0.0388. The quantitative estimate of drug-likeness (QED) is 0.388. The molecule has 0 aliphatic carbocycles. The minimum Gasteiger partial charge on any atom is -0.496 e. The van der Waals surface area contributed by atoms with E-state index in [0.29, 0.717) is 22.9 Å². The molecule has 178 valence electrons. The second-order valence-electron chi connectivity index (χ2n) is 9.88. The average molecular weight is 478 g/mol. The number of benzene rings is 2. The fourth-order valence-corrected chi connectivity index (χ4v) is 5.26. The van der Waals surface area contributed by atoms with Crippen molar-refractivity contribution in [2.45, 2.75) is 52.5 Å². The Kier molecular flexibility index (Phi) is 6.02. The Morgan fingerprint density at radius 3 is 2.50 bits per heavy atom. The highest BCUT2D eigenvalue weighted by atomic mass is 32.1. The molecule has 0 bridgehead atoms. The van der Waals surface area contributed by atoms with Gasteiger partial charge in [-0.1, -0.05) is 24.6 Å². The molecule has 4 rings (SSSR count). The smallest absolute Gasteiger partial charge is 0.270 e. The molecule has 2 aromatic carbocycles. The van der Waals surface area contributed by atoms with Crippen molar-refractivity contribution in [2.24, 2.45) is 0 Å². The lowest BCUT2D eigenvalue weighted by Gasteiger charge is -2.45. The summed E-state index contributed by atoms with van der Waals surface area (Å²) in [6.07, 6.45) is 2.61. The minimum absolute atomic E-state index is 0.0126. The third-order valence-corrected chi connectivity index (χ3v) is 7.26. The number of hydrogen-bond donors (Lipinski definition) is 1. The molecule has 2 amide bonds. The first-order valence-corrected chi connectivity index (χ1v) is 11.8. The van der Waals surface area contributed by atoms with Crippen molar-refractivity contribution in [2.75, 3.05) is 24.0 Å². The predicted molar refractivity (Wildman–Crippen MR) is 141 cm³/mol. The Hall–Kier alpha value is -3.19. The van der Waals surface area contributed by atoms with Crippen molar-refractivity contribution in [1.29, 1.82) is 0 Å². The summed E-state index contributed by atoms with van der Waals surface area (Å²) in [5.41, 5.74) is 5.62. The highest BCUT2D eigenvalue weighted by Gasteiger charge is 2.37. The van der Waals surface area contributed by atoms with E-state index in [1.165, 1.54) is 10.5 Å². The van der Waals surface area contributed by atoms with Gasteiger partial charge in [-0.2, -0.15) is 0 Å². The van der Waals surface area contributed by atoms with E-state index in [4.69, 9.17) is 17.0 Å². The molecular formula is C27H31N3O3S. The second-order valence-corrected chi connectivity index (χ2v) is 10.3. The SMILES string of the molecule is COc1cc2c(cc1/C=C1/C(=O)NC(=S)N(c3ccc(C)cc3C)C1=O)C(C)CC(C)(C)N2C. The summed E-state index contributed by atoms with van der Waals surface area (Å²) in [4.78, 5) is 30.1. The van der Waals surface area contributed by atoms with Gasteiger partial charge >= 0.3 is 0 Å². The zero-order chi connectivity index (χ0) is 24.9. The van der Waals surface area contributed by atoms with Crippen LogP contribution in [-0.4, -0.2) is 36.6 Å². The van der Waals surface area contributed by atoms with Crippen LogP contribution in [-0.2, 0) is 9.59 Å². The number of nitrogens with zero attached hydrogens (tertiary/aromatic N) is 2. The van der Waals surface area contributed by atoms with Crippen LogP contribution in [0.25, 0.3) is 6.08 Å². The van der Waals surface area contributed by atoms with Crippen LogP contribution in [0, 0.1) is 13.8 Å². The number of carbonyl (C=O) groups is 2. The van der Waals surface area contributed by atoms with Crippen LogP contribution in [0.4, 0.5) is 11.4 Å². The molecule has 0 radical (unpaired) electrons. The number of thiocarbonyl (C=S) groups is 1. The first kappa shape index (κ1) is 24.0. The molecular weight excluding hydrogens is 446 g/mol. The van der Waals surface area contributed by atoms with Gasteiger partial charge in [-0.05, 0) is 81.6 Å². The van der Waals surface area contributed by atoms with Crippen molar-refractivity contribution in [3.8, 4) is 5.75 Å². The first-order valence-electron chi connectivity index (χ1n) is 11.4. The van der Waals surface area contributed by atoms with Crippen molar-refractivity contribution in [3.05, 3.63) is 58.2 Å². The molecule has 0 aromatic heterocycles. The van der Waals surface area contributed by atoms with Crippen LogP contribution in [0.2, 0.25) is 0 Å². The number of fused-ring (bicyclic) bond motifs is 1. The van der Waals surface area contributed by atoms with Gasteiger partial charge in [0.05, 0.1) is 12.8 Å². The van der Waals surface area contributed by atoms with Crippen LogP contribution in [0.15, 0.2) is 35.9 Å². The fourth-order valence-electron chi connectivity index (χ4n) is 4.99. The van der Waals surface area contributed by atoms with Gasteiger partial charge < -0.3 is 9.64 Å². The molecule has 0 spiro atoms. The summed E-state index contributed by atoms with van der Waals surface area (Å²) in [6.45, 7) is 10.6. The van der Waals surface area contributed by atoms with Crippen molar-refractivity contribution in [1.82, 2.24) is 5.32 Å². The Bertz CT molecular complexity index is 1250. The highest BCUT2D eigenvalue weighted by Crippen LogP contribution is 2.45. The number of rotatable bonds is 3. The van der Waals surface area contributed by atoms with E-state index in [1.807, 2.05) is 44.2 Å². The van der Waals surface area contributed by atoms with Crippen molar-refractivity contribution in [3.63, 3.8) is 0 Å². The van der Waals surface area contributed by atoms with Gasteiger partial charge in [0.25, 0.3) is 11.8 Å². The van der Waals surface area contributed by atoms with E-state index in [9.17, 15) is 9.59 Å². The molecule has 2 aliphatic rings. The number of ether oxygens (including phenoxy) is 1.